The standard InChI is InChI=1S/C16H26ClN3/c1-4-18-16(13-6-8-14(17)9-7-13)15-12-19(2)10-5-11-20(15)3/h6-9,15-16,18H,4-5,10-12H2,1-3H3. The number of halogens is 1. The molecule has 1 saturated heterocycles. The van der Waals surface area contributed by atoms with Crippen LogP contribution >= 0.6 is 11.6 Å². The summed E-state index contributed by atoms with van der Waals surface area (Å²) in [6.45, 7) is 6.58. The topological polar surface area (TPSA) is 18.5 Å². The number of benzene rings is 1. The Labute approximate surface area is 127 Å². The van der Waals surface area contributed by atoms with E-state index in [4.69, 9.17) is 11.6 Å². The van der Waals surface area contributed by atoms with E-state index in [1.54, 1.807) is 0 Å². The van der Waals surface area contributed by atoms with Crippen molar-refractivity contribution in [2.45, 2.75) is 25.4 Å². The third-order valence-electron chi connectivity index (χ3n) is 4.15. The van der Waals surface area contributed by atoms with Crippen LogP contribution in [0.3, 0.4) is 0 Å². The van der Waals surface area contributed by atoms with Crippen molar-refractivity contribution in [1.29, 1.82) is 0 Å². The minimum atomic E-state index is 0.350. The maximum absolute atomic E-state index is 6.02. The van der Waals surface area contributed by atoms with Crippen LogP contribution in [0.1, 0.15) is 24.9 Å². The molecule has 3 nitrogen and oxygen atoms in total. The average Bonchev–Trinajstić information content (AvgIpc) is 2.59. The van der Waals surface area contributed by atoms with Gasteiger partial charge < -0.3 is 15.1 Å². The molecule has 0 spiro atoms. The van der Waals surface area contributed by atoms with Gasteiger partial charge in [-0.25, -0.2) is 0 Å². The van der Waals surface area contributed by atoms with Gasteiger partial charge in [0.15, 0.2) is 0 Å². The van der Waals surface area contributed by atoms with Gasteiger partial charge in [-0.2, -0.15) is 0 Å². The van der Waals surface area contributed by atoms with Gasteiger partial charge >= 0.3 is 0 Å². The Balaban J connectivity index is 2.23. The van der Waals surface area contributed by atoms with Crippen LogP contribution in [0.2, 0.25) is 5.02 Å². The molecular formula is C16H26ClN3. The highest BCUT2D eigenvalue weighted by atomic mass is 35.5. The highest BCUT2D eigenvalue weighted by molar-refractivity contribution is 6.30. The fourth-order valence-electron chi connectivity index (χ4n) is 3.03. The molecular weight excluding hydrogens is 270 g/mol. The lowest BCUT2D eigenvalue weighted by Gasteiger charge is -2.35. The quantitative estimate of drug-likeness (QED) is 0.921. The Morgan fingerprint density at radius 1 is 1.25 bits per heavy atom. The lowest BCUT2D eigenvalue weighted by molar-refractivity contribution is 0.179. The third-order valence-corrected chi connectivity index (χ3v) is 4.41. The summed E-state index contributed by atoms with van der Waals surface area (Å²) in [6, 6.07) is 9.11. The van der Waals surface area contributed by atoms with Crippen molar-refractivity contribution in [3.63, 3.8) is 0 Å². The summed E-state index contributed by atoms with van der Waals surface area (Å²) in [4.78, 5) is 4.93. The van der Waals surface area contributed by atoms with Gasteiger partial charge in [0.25, 0.3) is 0 Å². The zero-order valence-electron chi connectivity index (χ0n) is 12.8. The number of likely N-dealkylation sites (N-methyl/N-ethyl adjacent to an activating group) is 3. The van der Waals surface area contributed by atoms with Gasteiger partial charge in [-0.15, -0.1) is 0 Å². The molecule has 1 heterocycles. The Kier molecular flexibility index (Phi) is 5.85. The highest BCUT2D eigenvalue weighted by Crippen LogP contribution is 2.24. The molecule has 0 saturated carbocycles. The molecule has 1 aliphatic heterocycles. The molecule has 4 heteroatoms. The average molecular weight is 296 g/mol. The zero-order chi connectivity index (χ0) is 14.5. The van der Waals surface area contributed by atoms with Gasteiger partial charge in [0, 0.05) is 23.7 Å². The summed E-state index contributed by atoms with van der Waals surface area (Å²) in [6.07, 6.45) is 1.24. The van der Waals surface area contributed by atoms with Crippen molar-refractivity contribution >= 4 is 11.6 Å². The van der Waals surface area contributed by atoms with Crippen molar-refractivity contribution in [1.82, 2.24) is 15.1 Å². The maximum Gasteiger partial charge on any atom is 0.0490 e. The van der Waals surface area contributed by atoms with Crippen LogP contribution < -0.4 is 5.32 Å². The van der Waals surface area contributed by atoms with Gasteiger partial charge in [0.1, 0.15) is 0 Å². The molecule has 1 fully saturated rings. The molecule has 0 radical (unpaired) electrons. The summed E-state index contributed by atoms with van der Waals surface area (Å²) >= 11 is 6.02. The molecule has 2 rings (SSSR count). The first-order valence-corrected chi connectivity index (χ1v) is 7.87. The molecule has 1 aromatic carbocycles. The second-order valence-electron chi connectivity index (χ2n) is 5.75. The number of hydrogen-bond donors (Lipinski definition) is 1. The van der Waals surface area contributed by atoms with E-state index in [9.17, 15) is 0 Å². The summed E-state index contributed by atoms with van der Waals surface area (Å²) in [5.41, 5.74) is 1.32. The Hall–Kier alpha value is -0.610. The van der Waals surface area contributed by atoms with E-state index in [1.165, 1.54) is 18.5 Å². The fraction of sp³-hybridized carbons (Fsp3) is 0.625. The minimum Gasteiger partial charge on any atom is -0.309 e. The molecule has 112 valence electrons. The van der Waals surface area contributed by atoms with E-state index in [2.05, 4.69) is 48.3 Å². The van der Waals surface area contributed by atoms with Crippen molar-refractivity contribution in [2.75, 3.05) is 40.3 Å². The first kappa shape index (κ1) is 15.8. The molecule has 0 amide bonds. The Morgan fingerprint density at radius 3 is 2.60 bits per heavy atom. The van der Waals surface area contributed by atoms with E-state index in [0.29, 0.717) is 12.1 Å². The Morgan fingerprint density at radius 2 is 1.95 bits per heavy atom. The van der Waals surface area contributed by atoms with Gasteiger partial charge in [-0.3, -0.25) is 0 Å². The van der Waals surface area contributed by atoms with E-state index in [0.717, 1.165) is 24.7 Å². The summed E-state index contributed by atoms with van der Waals surface area (Å²) in [7, 11) is 4.46. The van der Waals surface area contributed by atoms with Crippen molar-refractivity contribution < 1.29 is 0 Å². The smallest absolute Gasteiger partial charge is 0.0490 e. The summed E-state index contributed by atoms with van der Waals surface area (Å²) in [5, 5.41) is 4.46. The number of nitrogens with zero attached hydrogens (tertiary/aromatic N) is 2. The van der Waals surface area contributed by atoms with E-state index in [-0.39, 0.29) is 0 Å². The highest BCUT2D eigenvalue weighted by Gasteiger charge is 2.28. The number of rotatable bonds is 4. The normalized spacial score (nSPS) is 23.5. The molecule has 2 unspecified atom stereocenters. The molecule has 20 heavy (non-hydrogen) atoms. The Bertz CT molecular complexity index is 407. The van der Waals surface area contributed by atoms with Crippen LogP contribution in [-0.2, 0) is 0 Å². The van der Waals surface area contributed by atoms with Crippen LogP contribution in [-0.4, -0.2) is 56.1 Å². The van der Waals surface area contributed by atoms with Crippen LogP contribution in [0.5, 0.6) is 0 Å². The van der Waals surface area contributed by atoms with Crippen molar-refractivity contribution in [3.05, 3.63) is 34.9 Å². The predicted molar refractivity (Wildman–Crippen MR) is 86.4 cm³/mol. The predicted octanol–water partition coefficient (Wildman–Crippen LogP) is 2.63. The van der Waals surface area contributed by atoms with Gasteiger partial charge in [-0.1, -0.05) is 30.7 Å². The van der Waals surface area contributed by atoms with Crippen LogP contribution in [0.4, 0.5) is 0 Å². The van der Waals surface area contributed by atoms with Gasteiger partial charge in [0.2, 0.25) is 0 Å². The fourth-order valence-corrected chi connectivity index (χ4v) is 3.16. The first-order valence-electron chi connectivity index (χ1n) is 7.49. The van der Waals surface area contributed by atoms with Crippen LogP contribution in [0.25, 0.3) is 0 Å². The number of nitrogens with one attached hydrogen (secondary N) is 1. The van der Waals surface area contributed by atoms with E-state index >= 15 is 0 Å². The van der Waals surface area contributed by atoms with Crippen molar-refractivity contribution in [3.8, 4) is 0 Å². The zero-order valence-corrected chi connectivity index (χ0v) is 13.5. The number of hydrogen-bond acceptors (Lipinski definition) is 3. The molecule has 0 aromatic heterocycles. The summed E-state index contributed by atoms with van der Waals surface area (Å²) < 4.78 is 0. The first-order chi connectivity index (χ1) is 9.61. The van der Waals surface area contributed by atoms with Crippen molar-refractivity contribution in [2.24, 2.45) is 0 Å². The summed E-state index contributed by atoms with van der Waals surface area (Å²) in [5.74, 6) is 0. The lowest BCUT2D eigenvalue weighted by atomic mass is 9.97. The molecule has 1 aliphatic rings. The SMILES string of the molecule is CCNC(c1ccc(Cl)cc1)C1CN(C)CCCN1C. The molecule has 0 aliphatic carbocycles. The monoisotopic (exact) mass is 295 g/mol. The second kappa shape index (κ2) is 7.41. The van der Waals surface area contributed by atoms with E-state index < -0.39 is 0 Å². The molecule has 0 bridgehead atoms. The van der Waals surface area contributed by atoms with Crippen LogP contribution in [0, 0.1) is 0 Å². The molecule has 2 atom stereocenters. The maximum atomic E-state index is 6.02. The largest absolute Gasteiger partial charge is 0.309 e. The van der Waals surface area contributed by atoms with Gasteiger partial charge in [0.05, 0.1) is 0 Å². The third kappa shape index (κ3) is 3.95. The van der Waals surface area contributed by atoms with Crippen LogP contribution in [0.15, 0.2) is 24.3 Å². The lowest BCUT2D eigenvalue weighted by Crippen LogP contribution is -2.47. The molecule has 1 N–H and O–H groups in total. The molecule has 1 aromatic rings. The van der Waals surface area contributed by atoms with Gasteiger partial charge in [-0.05, 0) is 57.8 Å². The minimum absolute atomic E-state index is 0.350. The van der Waals surface area contributed by atoms with E-state index in [1.807, 2.05) is 12.1 Å². The second-order valence-corrected chi connectivity index (χ2v) is 6.19.